The van der Waals surface area contributed by atoms with Crippen molar-refractivity contribution in [2.24, 2.45) is 5.73 Å². The molecule has 2 aromatic carbocycles. The van der Waals surface area contributed by atoms with Gasteiger partial charge in [0.05, 0.1) is 12.6 Å². The van der Waals surface area contributed by atoms with E-state index < -0.39 is 23.0 Å². The Labute approximate surface area is 115 Å². The Morgan fingerprint density at radius 1 is 0.950 bits per heavy atom. The highest BCUT2D eigenvalue weighted by Gasteiger charge is 2.29. The summed E-state index contributed by atoms with van der Waals surface area (Å²) in [6.07, 6.45) is 0. The van der Waals surface area contributed by atoms with Crippen molar-refractivity contribution in [3.63, 3.8) is 0 Å². The van der Waals surface area contributed by atoms with Crippen LogP contribution in [0.4, 0.5) is 13.2 Å². The van der Waals surface area contributed by atoms with Crippen LogP contribution in [0, 0.1) is 17.5 Å². The van der Waals surface area contributed by atoms with E-state index >= 15 is 0 Å². The normalized spacial score (nSPS) is 13.9. The molecule has 0 saturated carbocycles. The highest BCUT2D eigenvalue weighted by atomic mass is 19.1. The van der Waals surface area contributed by atoms with E-state index in [2.05, 4.69) is 0 Å². The van der Waals surface area contributed by atoms with E-state index in [0.29, 0.717) is 11.3 Å². The van der Waals surface area contributed by atoms with Crippen LogP contribution in [0.2, 0.25) is 0 Å². The lowest BCUT2D eigenvalue weighted by Crippen LogP contribution is -2.35. The van der Waals surface area contributed by atoms with E-state index in [9.17, 15) is 13.2 Å². The van der Waals surface area contributed by atoms with Crippen molar-refractivity contribution in [1.82, 2.24) is 0 Å². The van der Waals surface area contributed by atoms with Crippen LogP contribution < -0.4 is 10.5 Å². The lowest BCUT2D eigenvalue weighted by molar-refractivity contribution is 0.396. The summed E-state index contributed by atoms with van der Waals surface area (Å²) < 4.78 is 45.2. The molecule has 0 aliphatic heterocycles. The Hall–Kier alpha value is -2.01. The summed E-state index contributed by atoms with van der Waals surface area (Å²) in [4.78, 5) is 0. The molecule has 0 saturated heterocycles. The van der Waals surface area contributed by atoms with Gasteiger partial charge >= 0.3 is 0 Å². The molecule has 1 unspecified atom stereocenters. The number of ether oxygens (including phenoxy) is 1. The summed E-state index contributed by atoms with van der Waals surface area (Å²) in [7, 11) is 1.42. The first-order valence-electron chi connectivity index (χ1n) is 5.94. The summed E-state index contributed by atoms with van der Waals surface area (Å²) in [5, 5.41) is 0. The first-order valence-corrected chi connectivity index (χ1v) is 5.94. The predicted molar refractivity (Wildman–Crippen MR) is 70.0 cm³/mol. The maximum absolute atomic E-state index is 13.4. The molecule has 0 fully saturated rings. The highest BCUT2D eigenvalue weighted by Crippen LogP contribution is 2.34. The van der Waals surface area contributed by atoms with Crippen LogP contribution in [0.15, 0.2) is 36.4 Å². The van der Waals surface area contributed by atoms with Crippen LogP contribution in [-0.2, 0) is 5.54 Å². The summed E-state index contributed by atoms with van der Waals surface area (Å²) in [6, 6.07) is 6.83. The van der Waals surface area contributed by atoms with Crippen LogP contribution in [0.3, 0.4) is 0 Å². The number of nitrogens with two attached hydrogens (primary N) is 1. The van der Waals surface area contributed by atoms with Crippen molar-refractivity contribution in [1.29, 1.82) is 0 Å². The lowest BCUT2D eigenvalue weighted by atomic mass is 9.85. The van der Waals surface area contributed by atoms with E-state index in [1.54, 1.807) is 6.92 Å². The van der Waals surface area contributed by atoms with Gasteiger partial charge in [-0.3, -0.25) is 0 Å². The standard InChI is InChI=1S/C15H14F3NO/c1-15(19,9-5-11(17)7-12(18)6-9)13-8-10(16)3-4-14(13)20-2/h3-8H,19H2,1-2H3. The number of benzene rings is 2. The molecular formula is C15H14F3NO. The minimum absolute atomic E-state index is 0.193. The van der Waals surface area contributed by atoms with Crippen molar-refractivity contribution in [3.05, 3.63) is 65.0 Å². The second kappa shape index (κ2) is 5.17. The molecule has 20 heavy (non-hydrogen) atoms. The number of halogens is 3. The molecule has 2 nitrogen and oxygen atoms in total. The molecule has 5 heteroatoms. The molecule has 2 aromatic rings. The minimum Gasteiger partial charge on any atom is -0.496 e. The van der Waals surface area contributed by atoms with Crippen LogP contribution >= 0.6 is 0 Å². The van der Waals surface area contributed by atoms with Gasteiger partial charge < -0.3 is 10.5 Å². The van der Waals surface area contributed by atoms with Gasteiger partial charge in [0.25, 0.3) is 0 Å². The Kier molecular flexibility index (Phi) is 3.72. The Morgan fingerprint density at radius 2 is 1.55 bits per heavy atom. The number of hydrogen-bond acceptors (Lipinski definition) is 2. The SMILES string of the molecule is COc1ccc(F)cc1C(C)(N)c1cc(F)cc(F)c1. The van der Waals surface area contributed by atoms with Gasteiger partial charge in [-0.25, -0.2) is 13.2 Å². The van der Waals surface area contributed by atoms with Gasteiger partial charge in [0, 0.05) is 11.6 Å². The number of hydrogen-bond donors (Lipinski definition) is 1. The molecule has 2 rings (SSSR count). The highest BCUT2D eigenvalue weighted by molar-refractivity contribution is 5.46. The summed E-state index contributed by atoms with van der Waals surface area (Å²) in [6.45, 7) is 1.54. The third-order valence-corrected chi connectivity index (χ3v) is 3.18. The molecule has 0 amide bonds. The summed E-state index contributed by atoms with van der Waals surface area (Å²) in [5.74, 6) is -1.64. The molecule has 0 aliphatic carbocycles. The molecule has 106 valence electrons. The number of rotatable bonds is 3. The fourth-order valence-corrected chi connectivity index (χ4v) is 2.10. The van der Waals surface area contributed by atoms with Gasteiger partial charge in [-0.1, -0.05) is 0 Å². The molecular weight excluding hydrogens is 267 g/mol. The molecule has 0 heterocycles. The second-order valence-corrected chi connectivity index (χ2v) is 4.71. The maximum atomic E-state index is 13.4. The zero-order chi connectivity index (χ0) is 14.9. The molecule has 0 bridgehead atoms. The third kappa shape index (κ3) is 2.63. The van der Waals surface area contributed by atoms with Crippen molar-refractivity contribution < 1.29 is 17.9 Å². The van der Waals surface area contributed by atoms with E-state index in [4.69, 9.17) is 10.5 Å². The molecule has 0 aliphatic rings. The lowest BCUT2D eigenvalue weighted by Gasteiger charge is -2.27. The zero-order valence-electron chi connectivity index (χ0n) is 11.1. The minimum atomic E-state index is -1.30. The van der Waals surface area contributed by atoms with E-state index in [1.165, 1.54) is 25.3 Å². The van der Waals surface area contributed by atoms with Crippen molar-refractivity contribution >= 4 is 0 Å². The quantitative estimate of drug-likeness (QED) is 0.936. The first kappa shape index (κ1) is 14.4. The van der Waals surface area contributed by atoms with Crippen LogP contribution in [0.5, 0.6) is 5.75 Å². The number of methoxy groups -OCH3 is 1. The first-order chi connectivity index (χ1) is 9.34. The smallest absolute Gasteiger partial charge is 0.126 e. The average molecular weight is 281 g/mol. The monoisotopic (exact) mass is 281 g/mol. The van der Waals surface area contributed by atoms with Crippen molar-refractivity contribution in [3.8, 4) is 5.75 Å². The molecule has 0 radical (unpaired) electrons. The molecule has 1 atom stereocenters. The van der Waals surface area contributed by atoms with Gasteiger partial charge in [0.2, 0.25) is 0 Å². The topological polar surface area (TPSA) is 35.2 Å². The van der Waals surface area contributed by atoms with Crippen molar-refractivity contribution in [2.75, 3.05) is 7.11 Å². The fraction of sp³-hybridized carbons (Fsp3) is 0.200. The Balaban J connectivity index is 2.62. The molecule has 0 aromatic heterocycles. The molecule has 0 spiro atoms. The largest absolute Gasteiger partial charge is 0.496 e. The predicted octanol–water partition coefficient (Wildman–Crippen LogP) is 3.33. The third-order valence-electron chi connectivity index (χ3n) is 3.18. The van der Waals surface area contributed by atoms with E-state index in [-0.39, 0.29) is 5.56 Å². The van der Waals surface area contributed by atoms with Crippen LogP contribution in [0.25, 0.3) is 0 Å². The second-order valence-electron chi connectivity index (χ2n) is 4.71. The zero-order valence-corrected chi connectivity index (χ0v) is 11.1. The van der Waals surface area contributed by atoms with Gasteiger partial charge in [-0.2, -0.15) is 0 Å². The fourth-order valence-electron chi connectivity index (χ4n) is 2.10. The van der Waals surface area contributed by atoms with Gasteiger partial charge in [-0.05, 0) is 42.8 Å². The Bertz CT molecular complexity index is 621. The molecule has 2 N–H and O–H groups in total. The maximum Gasteiger partial charge on any atom is 0.126 e. The summed E-state index contributed by atoms with van der Waals surface area (Å²) in [5.41, 5.74) is 5.37. The van der Waals surface area contributed by atoms with Crippen LogP contribution in [0.1, 0.15) is 18.1 Å². The van der Waals surface area contributed by atoms with Gasteiger partial charge in [0.15, 0.2) is 0 Å². The van der Waals surface area contributed by atoms with Gasteiger partial charge in [0.1, 0.15) is 23.2 Å². The summed E-state index contributed by atoms with van der Waals surface area (Å²) >= 11 is 0. The van der Waals surface area contributed by atoms with Crippen LogP contribution in [-0.4, -0.2) is 7.11 Å². The Morgan fingerprint density at radius 3 is 2.10 bits per heavy atom. The van der Waals surface area contributed by atoms with Crippen molar-refractivity contribution in [2.45, 2.75) is 12.5 Å². The van der Waals surface area contributed by atoms with Gasteiger partial charge in [-0.15, -0.1) is 0 Å². The van der Waals surface area contributed by atoms with E-state index in [1.807, 2.05) is 0 Å². The van der Waals surface area contributed by atoms with E-state index in [0.717, 1.165) is 18.2 Å². The average Bonchev–Trinajstić information content (AvgIpc) is 2.37.